The Morgan fingerprint density at radius 1 is 1.26 bits per heavy atom. The average Bonchev–Trinajstić information content (AvgIpc) is 2.37. The minimum Gasteiger partial charge on any atom is -0.743 e. The summed E-state index contributed by atoms with van der Waals surface area (Å²) in [4.78, 5) is 12.2. The summed E-state index contributed by atoms with van der Waals surface area (Å²) in [6.07, 6.45) is -2.37. The Bertz CT molecular complexity index is 722. The van der Waals surface area contributed by atoms with Crippen molar-refractivity contribution in [2.75, 3.05) is 0 Å². The van der Waals surface area contributed by atoms with Crippen LogP contribution >= 0.6 is 67.8 Å². The lowest BCUT2D eigenvalue weighted by Gasteiger charge is -2.31. The minimum atomic E-state index is -5.97. The first-order valence-corrected chi connectivity index (χ1v) is 10.6. The SMILES string of the molecule is CC(C)C(OC(=O)c1cc(I)cc(I)c1I)C(F)(F)S(=O)(=O)[O-]. The van der Waals surface area contributed by atoms with Gasteiger partial charge >= 0.3 is 11.2 Å². The van der Waals surface area contributed by atoms with Crippen LogP contribution in [0.25, 0.3) is 0 Å². The molecule has 0 aliphatic rings. The normalized spacial score (nSPS) is 14.0. The molecule has 0 aromatic heterocycles. The number of rotatable bonds is 5. The van der Waals surface area contributed by atoms with Gasteiger partial charge in [0.2, 0.25) is 0 Å². The van der Waals surface area contributed by atoms with Crippen LogP contribution in [0.5, 0.6) is 0 Å². The van der Waals surface area contributed by atoms with Gasteiger partial charge in [-0.1, -0.05) is 13.8 Å². The molecule has 0 amide bonds. The fourth-order valence-corrected chi connectivity index (χ4v) is 4.60. The van der Waals surface area contributed by atoms with E-state index in [1.54, 1.807) is 6.07 Å². The molecule has 0 aliphatic carbocycles. The molecular formula is C12H10F2I3O5S-. The quantitative estimate of drug-likeness (QED) is 0.204. The van der Waals surface area contributed by atoms with Crippen molar-refractivity contribution in [1.29, 1.82) is 0 Å². The molecule has 0 heterocycles. The maximum absolute atomic E-state index is 13.8. The first-order valence-electron chi connectivity index (χ1n) is 5.97. The van der Waals surface area contributed by atoms with E-state index >= 15 is 0 Å². The van der Waals surface area contributed by atoms with Crippen LogP contribution < -0.4 is 0 Å². The fourth-order valence-electron chi connectivity index (χ4n) is 1.62. The number of esters is 1. The first kappa shape index (κ1) is 21.7. The maximum Gasteiger partial charge on any atom is 0.370 e. The molecule has 0 fully saturated rings. The van der Waals surface area contributed by atoms with Crippen molar-refractivity contribution >= 4 is 83.9 Å². The van der Waals surface area contributed by atoms with E-state index in [-0.39, 0.29) is 5.56 Å². The third kappa shape index (κ3) is 5.07. The van der Waals surface area contributed by atoms with Crippen LogP contribution in [-0.4, -0.2) is 30.3 Å². The van der Waals surface area contributed by atoms with Crippen molar-refractivity contribution in [2.24, 2.45) is 5.92 Å². The number of ether oxygens (including phenoxy) is 1. The van der Waals surface area contributed by atoms with Crippen molar-refractivity contribution in [3.05, 3.63) is 28.4 Å². The second-order valence-electron chi connectivity index (χ2n) is 4.84. The number of carbonyl (C=O) groups is 1. The molecule has 23 heavy (non-hydrogen) atoms. The molecule has 0 aliphatic heterocycles. The average molecular weight is 685 g/mol. The monoisotopic (exact) mass is 685 g/mol. The summed E-state index contributed by atoms with van der Waals surface area (Å²) in [5, 5.41) is -4.71. The van der Waals surface area contributed by atoms with Crippen LogP contribution in [0.1, 0.15) is 24.2 Å². The molecule has 0 saturated carbocycles. The lowest BCUT2D eigenvalue weighted by Crippen LogP contribution is -2.47. The number of benzene rings is 1. The highest BCUT2D eigenvalue weighted by Crippen LogP contribution is 2.33. The van der Waals surface area contributed by atoms with Gasteiger partial charge in [0.15, 0.2) is 16.2 Å². The molecule has 1 aromatic rings. The Balaban J connectivity index is 3.25. The van der Waals surface area contributed by atoms with Gasteiger partial charge in [0.25, 0.3) is 0 Å². The van der Waals surface area contributed by atoms with E-state index < -0.39 is 33.4 Å². The van der Waals surface area contributed by atoms with Crippen molar-refractivity contribution in [3.8, 4) is 0 Å². The van der Waals surface area contributed by atoms with Crippen LogP contribution in [-0.2, 0) is 14.9 Å². The predicted molar refractivity (Wildman–Crippen MR) is 103 cm³/mol. The van der Waals surface area contributed by atoms with Crippen molar-refractivity contribution in [3.63, 3.8) is 0 Å². The topological polar surface area (TPSA) is 83.5 Å². The second kappa shape index (κ2) is 7.90. The highest BCUT2D eigenvalue weighted by molar-refractivity contribution is 14.1. The third-order valence-corrected chi connectivity index (χ3v) is 7.28. The minimum absolute atomic E-state index is 0.0339. The van der Waals surface area contributed by atoms with Gasteiger partial charge in [-0.05, 0) is 85.8 Å². The lowest BCUT2D eigenvalue weighted by atomic mass is 10.1. The highest BCUT2D eigenvalue weighted by atomic mass is 127. The molecule has 5 nitrogen and oxygen atoms in total. The summed E-state index contributed by atoms with van der Waals surface area (Å²) >= 11 is 5.78. The van der Waals surface area contributed by atoms with Crippen LogP contribution in [0.4, 0.5) is 8.78 Å². The zero-order valence-electron chi connectivity index (χ0n) is 11.6. The van der Waals surface area contributed by atoms with Gasteiger partial charge in [-0.2, -0.15) is 8.78 Å². The van der Waals surface area contributed by atoms with Crippen LogP contribution in [0.2, 0.25) is 0 Å². The standard InChI is InChI=1S/C12H11F2I3O5S/c1-5(2)10(12(13,14)23(19,20)21)22-11(18)7-3-6(15)4-8(16)9(7)17/h3-5,10H,1-2H3,(H,19,20,21)/p-1. The van der Waals surface area contributed by atoms with Gasteiger partial charge < -0.3 is 9.29 Å². The Morgan fingerprint density at radius 3 is 2.22 bits per heavy atom. The Morgan fingerprint density at radius 2 is 1.78 bits per heavy atom. The molecule has 0 bridgehead atoms. The Hall–Kier alpha value is 0.650. The van der Waals surface area contributed by atoms with Gasteiger partial charge in [-0.3, -0.25) is 0 Å². The summed E-state index contributed by atoms with van der Waals surface area (Å²) in [6, 6.07) is 3.21. The largest absolute Gasteiger partial charge is 0.743 e. The predicted octanol–water partition coefficient (Wildman–Crippen LogP) is 3.82. The third-order valence-electron chi connectivity index (χ3n) is 2.72. The van der Waals surface area contributed by atoms with E-state index in [9.17, 15) is 26.5 Å². The zero-order chi connectivity index (χ0) is 18.2. The molecule has 0 radical (unpaired) electrons. The molecule has 1 atom stereocenters. The molecule has 1 rings (SSSR count). The molecule has 1 aromatic carbocycles. The summed E-state index contributed by atoms with van der Waals surface area (Å²) in [6.45, 7) is 2.47. The molecule has 0 spiro atoms. The van der Waals surface area contributed by atoms with Crippen LogP contribution in [0.15, 0.2) is 12.1 Å². The van der Waals surface area contributed by atoms with Gasteiger partial charge in [0, 0.05) is 10.7 Å². The lowest BCUT2D eigenvalue weighted by molar-refractivity contribution is -0.0825. The molecule has 0 saturated heterocycles. The van der Waals surface area contributed by atoms with E-state index in [0.717, 1.165) is 0 Å². The summed E-state index contributed by atoms with van der Waals surface area (Å²) in [7, 11) is -5.97. The number of carbonyl (C=O) groups excluding carboxylic acids is 1. The fraction of sp³-hybridized carbons (Fsp3) is 0.417. The number of halogens is 5. The van der Waals surface area contributed by atoms with Crippen molar-refractivity contribution < 1.29 is 31.3 Å². The van der Waals surface area contributed by atoms with E-state index in [4.69, 9.17) is 4.74 Å². The van der Waals surface area contributed by atoms with Crippen molar-refractivity contribution in [1.82, 2.24) is 0 Å². The number of hydrogen-bond acceptors (Lipinski definition) is 5. The van der Waals surface area contributed by atoms with E-state index in [1.165, 1.54) is 19.9 Å². The molecular weight excluding hydrogens is 675 g/mol. The van der Waals surface area contributed by atoms with E-state index in [1.807, 2.05) is 67.8 Å². The van der Waals surface area contributed by atoms with Crippen LogP contribution in [0, 0.1) is 16.6 Å². The summed E-state index contributed by atoms with van der Waals surface area (Å²) in [5.74, 6) is -2.18. The summed E-state index contributed by atoms with van der Waals surface area (Å²) in [5.41, 5.74) is 0.0339. The molecule has 11 heteroatoms. The smallest absolute Gasteiger partial charge is 0.370 e. The first-order chi connectivity index (χ1) is 10.3. The number of alkyl halides is 2. The summed E-state index contributed by atoms with van der Waals surface area (Å²) < 4.78 is 66.6. The maximum atomic E-state index is 13.8. The zero-order valence-corrected chi connectivity index (χ0v) is 18.9. The van der Waals surface area contributed by atoms with Crippen LogP contribution in [0.3, 0.4) is 0 Å². The number of hydrogen-bond donors (Lipinski definition) is 0. The Labute approximate surface area is 173 Å². The van der Waals surface area contributed by atoms with E-state index in [0.29, 0.717) is 10.7 Å². The van der Waals surface area contributed by atoms with Gasteiger partial charge in [0.1, 0.15) is 0 Å². The molecule has 1 unspecified atom stereocenters. The second-order valence-corrected chi connectivity index (χ2v) is 9.77. The Kier molecular flexibility index (Phi) is 7.45. The highest BCUT2D eigenvalue weighted by Gasteiger charge is 2.50. The van der Waals surface area contributed by atoms with E-state index in [2.05, 4.69) is 0 Å². The van der Waals surface area contributed by atoms with Gasteiger partial charge in [-0.25, -0.2) is 13.2 Å². The van der Waals surface area contributed by atoms with Gasteiger partial charge in [-0.15, -0.1) is 0 Å². The van der Waals surface area contributed by atoms with Crippen molar-refractivity contribution in [2.45, 2.75) is 25.2 Å². The molecule has 130 valence electrons. The molecule has 0 N–H and O–H groups in total. The van der Waals surface area contributed by atoms with Gasteiger partial charge in [0.05, 0.1) is 5.56 Å².